The van der Waals surface area contributed by atoms with Crippen molar-refractivity contribution in [2.24, 2.45) is 5.16 Å². The second-order valence-electron chi connectivity index (χ2n) is 1.99. The molecule has 0 bridgehead atoms. The second kappa shape index (κ2) is 4.04. The monoisotopic (exact) mass is 299 g/mol. The van der Waals surface area contributed by atoms with E-state index in [9.17, 15) is 4.39 Å². The van der Waals surface area contributed by atoms with Crippen LogP contribution in [0, 0.1) is 9.39 Å². The number of rotatable bonds is 1. The Morgan fingerprint density at radius 2 is 2.25 bits per heavy atom. The lowest BCUT2D eigenvalue weighted by Gasteiger charge is -2.00. The number of hydrogen-bond donors (Lipinski definition) is 1. The highest BCUT2D eigenvalue weighted by Gasteiger charge is 2.08. The van der Waals surface area contributed by atoms with Crippen LogP contribution in [0.4, 0.5) is 4.39 Å². The zero-order chi connectivity index (χ0) is 9.14. The van der Waals surface area contributed by atoms with E-state index in [2.05, 4.69) is 5.16 Å². The molecule has 5 heteroatoms. The molecule has 0 fully saturated rings. The Kier molecular flexibility index (Phi) is 3.28. The van der Waals surface area contributed by atoms with E-state index < -0.39 is 0 Å². The predicted molar refractivity (Wildman–Crippen MR) is 53.3 cm³/mol. The molecule has 1 rings (SSSR count). The van der Waals surface area contributed by atoms with Crippen LogP contribution in [0.5, 0.6) is 0 Å². The SMILES string of the molecule is ON=C(Cl)c1cccc(F)c1I. The van der Waals surface area contributed by atoms with Crippen molar-refractivity contribution in [1.29, 1.82) is 0 Å². The predicted octanol–water partition coefficient (Wildman–Crippen LogP) is 2.80. The Morgan fingerprint density at radius 1 is 1.58 bits per heavy atom. The van der Waals surface area contributed by atoms with Crippen molar-refractivity contribution < 1.29 is 9.60 Å². The van der Waals surface area contributed by atoms with Gasteiger partial charge in [-0.15, -0.1) is 0 Å². The average Bonchev–Trinajstić information content (AvgIpc) is 2.08. The van der Waals surface area contributed by atoms with E-state index in [0.717, 1.165) is 0 Å². The van der Waals surface area contributed by atoms with Crippen LogP contribution in [-0.2, 0) is 0 Å². The molecule has 0 atom stereocenters. The molecule has 12 heavy (non-hydrogen) atoms. The van der Waals surface area contributed by atoms with E-state index in [1.165, 1.54) is 12.1 Å². The molecule has 0 unspecified atom stereocenters. The van der Waals surface area contributed by atoms with E-state index in [4.69, 9.17) is 16.8 Å². The van der Waals surface area contributed by atoms with Crippen LogP contribution in [0.25, 0.3) is 0 Å². The molecule has 0 amide bonds. The Balaban J connectivity index is 3.26. The molecule has 0 spiro atoms. The van der Waals surface area contributed by atoms with Crippen molar-refractivity contribution in [3.63, 3.8) is 0 Å². The largest absolute Gasteiger partial charge is 0.410 e. The number of nitrogens with zero attached hydrogens (tertiary/aromatic N) is 1. The van der Waals surface area contributed by atoms with E-state index in [-0.39, 0.29) is 11.0 Å². The van der Waals surface area contributed by atoms with Crippen LogP contribution < -0.4 is 0 Å². The first-order chi connectivity index (χ1) is 5.66. The summed E-state index contributed by atoms with van der Waals surface area (Å²) in [5.41, 5.74) is 0.389. The summed E-state index contributed by atoms with van der Waals surface area (Å²) in [6.45, 7) is 0. The first-order valence-corrected chi connectivity index (χ1v) is 4.44. The van der Waals surface area contributed by atoms with Crippen LogP contribution >= 0.6 is 34.2 Å². The van der Waals surface area contributed by atoms with E-state index >= 15 is 0 Å². The van der Waals surface area contributed by atoms with Gasteiger partial charge in [0.15, 0.2) is 5.17 Å². The molecule has 1 aromatic carbocycles. The third-order valence-electron chi connectivity index (χ3n) is 1.26. The van der Waals surface area contributed by atoms with Crippen LogP contribution in [0.15, 0.2) is 23.4 Å². The smallest absolute Gasteiger partial charge is 0.176 e. The minimum Gasteiger partial charge on any atom is -0.410 e. The van der Waals surface area contributed by atoms with Gasteiger partial charge in [-0.3, -0.25) is 0 Å². The van der Waals surface area contributed by atoms with Crippen molar-refractivity contribution >= 4 is 39.4 Å². The van der Waals surface area contributed by atoms with Gasteiger partial charge >= 0.3 is 0 Å². The number of hydrogen-bond acceptors (Lipinski definition) is 2. The summed E-state index contributed by atoms with van der Waals surface area (Å²) in [6.07, 6.45) is 0. The van der Waals surface area contributed by atoms with Gasteiger partial charge in [0.1, 0.15) is 5.82 Å². The molecule has 0 saturated heterocycles. The summed E-state index contributed by atoms with van der Waals surface area (Å²) in [7, 11) is 0. The van der Waals surface area contributed by atoms with Crippen molar-refractivity contribution in [2.75, 3.05) is 0 Å². The molecular weight excluding hydrogens is 295 g/mol. The Labute approximate surface area is 87.2 Å². The van der Waals surface area contributed by atoms with Crippen molar-refractivity contribution in [3.8, 4) is 0 Å². The topological polar surface area (TPSA) is 32.6 Å². The Bertz CT molecular complexity index is 329. The normalized spacial score (nSPS) is 11.8. The first-order valence-electron chi connectivity index (χ1n) is 2.98. The molecule has 0 aliphatic carbocycles. The first kappa shape index (κ1) is 9.73. The molecule has 0 aromatic heterocycles. The van der Waals surface area contributed by atoms with Gasteiger partial charge in [0.2, 0.25) is 0 Å². The lowest BCUT2D eigenvalue weighted by Crippen LogP contribution is -1.97. The van der Waals surface area contributed by atoms with Gasteiger partial charge in [0.05, 0.1) is 3.57 Å². The number of oxime groups is 1. The second-order valence-corrected chi connectivity index (χ2v) is 3.43. The van der Waals surface area contributed by atoms with Crippen molar-refractivity contribution in [2.45, 2.75) is 0 Å². The van der Waals surface area contributed by atoms with Crippen LogP contribution in [0.2, 0.25) is 0 Å². The molecule has 0 saturated carbocycles. The third kappa shape index (κ3) is 1.87. The maximum atomic E-state index is 12.9. The van der Waals surface area contributed by atoms with Crippen LogP contribution in [-0.4, -0.2) is 10.4 Å². The molecule has 1 aromatic rings. The maximum Gasteiger partial charge on any atom is 0.176 e. The zero-order valence-electron chi connectivity index (χ0n) is 5.76. The highest BCUT2D eigenvalue weighted by molar-refractivity contribution is 14.1. The molecule has 2 nitrogen and oxygen atoms in total. The number of benzene rings is 1. The summed E-state index contributed by atoms with van der Waals surface area (Å²) >= 11 is 7.29. The van der Waals surface area contributed by atoms with Crippen LogP contribution in [0.3, 0.4) is 0 Å². The van der Waals surface area contributed by atoms with Gasteiger partial charge in [-0.25, -0.2) is 4.39 Å². The average molecular weight is 299 g/mol. The highest BCUT2D eigenvalue weighted by atomic mass is 127. The van der Waals surface area contributed by atoms with Gasteiger partial charge in [-0.2, -0.15) is 0 Å². The summed E-state index contributed by atoms with van der Waals surface area (Å²) in [5.74, 6) is -0.380. The van der Waals surface area contributed by atoms with E-state index in [1.54, 1.807) is 28.7 Å². The summed E-state index contributed by atoms with van der Waals surface area (Å²) in [4.78, 5) is 0. The summed E-state index contributed by atoms with van der Waals surface area (Å²) < 4.78 is 13.2. The van der Waals surface area contributed by atoms with Gasteiger partial charge < -0.3 is 5.21 Å². The van der Waals surface area contributed by atoms with Crippen molar-refractivity contribution in [1.82, 2.24) is 0 Å². The minimum atomic E-state index is -0.380. The molecule has 64 valence electrons. The molecule has 0 radical (unpaired) electrons. The van der Waals surface area contributed by atoms with Gasteiger partial charge in [0.25, 0.3) is 0 Å². The molecule has 0 heterocycles. The highest BCUT2D eigenvalue weighted by Crippen LogP contribution is 2.17. The Morgan fingerprint density at radius 3 is 2.83 bits per heavy atom. The maximum absolute atomic E-state index is 12.9. The van der Waals surface area contributed by atoms with E-state index in [1.807, 2.05) is 0 Å². The van der Waals surface area contributed by atoms with Gasteiger partial charge in [-0.05, 0) is 28.7 Å². The lowest BCUT2D eigenvalue weighted by molar-refractivity contribution is 0.321. The van der Waals surface area contributed by atoms with Crippen molar-refractivity contribution in [3.05, 3.63) is 33.1 Å². The fraction of sp³-hybridized carbons (Fsp3) is 0. The molecular formula is C7H4ClFINO. The van der Waals surface area contributed by atoms with Crippen LogP contribution in [0.1, 0.15) is 5.56 Å². The quantitative estimate of drug-likeness (QED) is 0.368. The zero-order valence-corrected chi connectivity index (χ0v) is 8.67. The summed E-state index contributed by atoms with van der Waals surface area (Å²) in [5, 5.41) is 11.0. The standard InChI is InChI=1S/C7H4ClFINO/c8-7(11-12)4-2-1-3-5(9)6(4)10/h1-3,12H. The lowest BCUT2D eigenvalue weighted by atomic mass is 10.2. The molecule has 0 aliphatic rings. The third-order valence-corrected chi connectivity index (χ3v) is 2.64. The molecule has 0 aliphatic heterocycles. The number of halogens is 3. The van der Waals surface area contributed by atoms with Gasteiger partial charge in [-0.1, -0.05) is 28.9 Å². The molecule has 1 N–H and O–H groups in total. The fourth-order valence-corrected chi connectivity index (χ4v) is 1.65. The van der Waals surface area contributed by atoms with Gasteiger partial charge in [0, 0.05) is 5.56 Å². The summed E-state index contributed by atoms with van der Waals surface area (Å²) in [6, 6.07) is 4.39. The van der Waals surface area contributed by atoms with E-state index in [0.29, 0.717) is 9.13 Å². The fourth-order valence-electron chi connectivity index (χ4n) is 0.717. The Hall–Kier alpha value is -0.360. The minimum absolute atomic E-state index is 0.112.